The highest BCUT2D eigenvalue weighted by molar-refractivity contribution is 6.06. The van der Waals surface area contributed by atoms with E-state index in [1.807, 2.05) is 11.6 Å². The summed E-state index contributed by atoms with van der Waals surface area (Å²) < 4.78 is 7.33. The minimum atomic E-state index is -0.135. The third-order valence-electron chi connectivity index (χ3n) is 5.72. The fraction of sp³-hybridized carbons (Fsp3) is 0.435. The molecule has 1 aromatic carbocycles. The molecule has 4 rings (SSSR count). The van der Waals surface area contributed by atoms with Crippen LogP contribution in [0.15, 0.2) is 30.6 Å². The van der Waals surface area contributed by atoms with E-state index in [-0.39, 0.29) is 11.9 Å². The van der Waals surface area contributed by atoms with Gasteiger partial charge in [0, 0.05) is 38.5 Å². The maximum absolute atomic E-state index is 13.2. The number of rotatable bonds is 6. The first kappa shape index (κ1) is 20.3. The molecule has 0 unspecified atom stereocenters. The molecule has 0 saturated carbocycles. The van der Waals surface area contributed by atoms with Crippen LogP contribution in [0.3, 0.4) is 0 Å². The molecular formula is C23H29N5O2. The zero-order chi connectivity index (χ0) is 21.1. The molecule has 0 atom stereocenters. The molecule has 3 aromatic rings. The van der Waals surface area contributed by atoms with E-state index in [0.717, 1.165) is 54.9 Å². The lowest BCUT2D eigenvalue weighted by atomic mass is 10.0. The molecule has 2 N–H and O–H groups in total. The number of ether oxygens (including phenoxy) is 1. The third kappa shape index (κ3) is 4.16. The Balaban J connectivity index is 1.63. The Bertz CT molecular complexity index is 1050. The molecule has 0 spiro atoms. The molecule has 1 fully saturated rings. The summed E-state index contributed by atoms with van der Waals surface area (Å²) in [5.74, 6) is -0.135. The number of aromatic nitrogens is 3. The van der Waals surface area contributed by atoms with Crippen molar-refractivity contribution in [3.05, 3.63) is 52.8 Å². The van der Waals surface area contributed by atoms with Crippen molar-refractivity contribution in [1.82, 2.24) is 20.1 Å². The fourth-order valence-corrected chi connectivity index (χ4v) is 3.89. The molecule has 7 nitrogen and oxygen atoms in total. The standard InChI is InChI=1S/C23H29N5O2/c1-4-28-22-19(14-26-28)21(27-18-7-9-30-10-8-18)20(13-24-22)23(29)25-12-17-11-15(2)5-6-16(17)3/h5-6,11,13-14,18H,4,7-10,12H2,1-3H3,(H,24,27)(H,25,29). The average molecular weight is 408 g/mol. The van der Waals surface area contributed by atoms with Crippen LogP contribution < -0.4 is 10.6 Å². The van der Waals surface area contributed by atoms with Gasteiger partial charge in [-0.05, 0) is 44.7 Å². The molecule has 3 heterocycles. The van der Waals surface area contributed by atoms with Crippen molar-refractivity contribution in [2.75, 3.05) is 18.5 Å². The zero-order valence-corrected chi connectivity index (χ0v) is 17.9. The number of carbonyl (C=O) groups is 1. The number of pyridine rings is 1. The molecule has 0 bridgehead atoms. The Morgan fingerprint density at radius 3 is 2.80 bits per heavy atom. The van der Waals surface area contributed by atoms with E-state index < -0.39 is 0 Å². The van der Waals surface area contributed by atoms with E-state index in [0.29, 0.717) is 12.1 Å². The number of hydrogen-bond acceptors (Lipinski definition) is 5. The minimum absolute atomic E-state index is 0.135. The molecule has 1 saturated heterocycles. The normalized spacial score (nSPS) is 14.8. The van der Waals surface area contributed by atoms with Gasteiger partial charge in [-0.2, -0.15) is 5.10 Å². The molecule has 1 amide bonds. The van der Waals surface area contributed by atoms with Crippen molar-refractivity contribution in [2.24, 2.45) is 0 Å². The highest BCUT2D eigenvalue weighted by atomic mass is 16.5. The van der Waals surface area contributed by atoms with E-state index in [2.05, 4.69) is 52.8 Å². The Morgan fingerprint density at radius 2 is 2.03 bits per heavy atom. The summed E-state index contributed by atoms with van der Waals surface area (Å²) in [6.45, 7) is 8.82. The molecule has 2 aromatic heterocycles. The van der Waals surface area contributed by atoms with Crippen LogP contribution in [0.5, 0.6) is 0 Å². The average Bonchev–Trinajstić information content (AvgIpc) is 3.19. The van der Waals surface area contributed by atoms with E-state index in [9.17, 15) is 4.79 Å². The molecule has 1 aliphatic rings. The van der Waals surface area contributed by atoms with E-state index >= 15 is 0 Å². The second kappa shape index (κ2) is 8.83. The Kier molecular flexibility index (Phi) is 5.99. The van der Waals surface area contributed by atoms with Crippen LogP contribution in [0.4, 0.5) is 5.69 Å². The van der Waals surface area contributed by atoms with Crippen LogP contribution >= 0.6 is 0 Å². The predicted molar refractivity (Wildman–Crippen MR) is 118 cm³/mol. The lowest BCUT2D eigenvalue weighted by molar-refractivity contribution is 0.0904. The van der Waals surface area contributed by atoms with Crippen LogP contribution in [0.25, 0.3) is 11.0 Å². The maximum Gasteiger partial charge on any atom is 0.255 e. The first-order valence-electron chi connectivity index (χ1n) is 10.6. The van der Waals surface area contributed by atoms with Crippen molar-refractivity contribution < 1.29 is 9.53 Å². The van der Waals surface area contributed by atoms with E-state index in [1.165, 1.54) is 11.1 Å². The summed E-state index contributed by atoms with van der Waals surface area (Å²) in [5.41, 5.74) is 5.62. The van der Waals surface area contributed by atoms with Crippen molar-refractivity contribution in [1.29, 1.82) is 0 Å². The van der Waals surface area contributed by atoms with Crippen LogP contribution in [-0.2, 0) is 17.8 Å². The number of nitrogens with zero attached hydrogens (tertiary/aromatic N) is 3. The molecule has 0 aliphatic carbocycles. The number of fused-ring (bicyclic) bond motifs is 1. The number of aryl methyl sites for hydroxylation is 3. The van der Waals surface area contributed by atoms with Gasteiger partial charge >= 0.3 is 0 Å². The number of anilines is 1. The Hall–Kier alpha value is -2.93. The summed E-state index contributed by atoms with van der Waals surface area (Å²) in [6.07, 6.45) is 5.29. The summed E-state index contributed by atoms with van der Waals surface area (Å²) in [7, 11) is 0. The van der Waals surface area contributed by atoms with Crippen molar-refractivity contribution >= 4 is 22.6 Å². The lowest BCUT2D eigenvalue weighted by Gasteiger charge is -2.25. The van der Waals surface area contributed by atoms with Crippen molar-refractivity contribution in [2.45, 2.75) is 52.7 Å². The molecule has 1 aliphatic heterocycles. The molecule has 7 heteroatoms. The molecule has 158 valence electrons. The molecule has 0 radical (unpaired) electrons. The van der Waals surface area contributed by atoms with Gasteiger partial charge in [-0.1, -0.05) is 23.8 Å². The van der Waals surface area contributed by atoms with Gasteiger partial charge in [-0.25, -0.2) is 9.67 Å². The SMILES string of the molecule is CCn1ncc2c(NC3CCOCC3)c(C(=O)NCc3cc(C)ccc3C)cnc21. The van der Waals surface area contributed by atoms with E-state index in [4.69, 9.17) is 4.74 Å². The van der Waals surface area contributed by atoms with Gasteiger partial charge in [-0.15, -0.1) is 0 Å². The summed E-state index contributed by atoms with van der Waals surface area (Å²) in [5, 5.41) is 12.0. The largest absolute Gasteiger partial charge is 0.381 e. The van der Waals surface area contributed by atoms with Gasteiger partial charge in [0.15, 0.2) is 5.65 Å². The van der Waals surface area contributed by atoms with Crippen LogP contribution in [0.2, 0.25) is 0 Å². The summed E-state index contributed by atoms with van der Waals surface area (Å²) in [4.78, 5) is 17.7. The minimum Gasteiger partial charge on any atom is -0.381 e. The van der Waals surface area contributed by atoms with Gasteiger partial charge in [-0.3, -0.25) is 4.79 Å². The quantitative estimate of drug-likeness (QED) is 0.653. The van der Waals surface area contributed by atoms with Crippen LogP contribution in [0.1, 0.15) is 46.8 Å². The number of amides is 1. The highest BCUT2D eigenvalue weighted by Crippen LogP contribution is 2.28. The van der Waals surface area contributed by atoms with Gasteiger partial charge in [0.05, 0.1) is 22.8 Å². The summed E-state index contributed by atoms with van der Waals surface area (Å²) >= 11 is 0. The van der Waals surface area contributed by atoms with Gasteiger partial charge in [0.25, 0.3) is 5.91 Å². The lowest BCUT2D eigenvalue weighted by Crippen LogP contribution is -2.30. The van der Waals surface area contributed by atoms with E-state index in [1.54, 1.807) is 12.4 Å². The van der Waals surface area contributed by atoms with Crippen LogP contribution in [0, 0.1) is 13.8 Å². The molecular weight excluding hydrogens is 378 g/mol. The Morgan fingerprint density at radius 1 is 1.23 bits per heavy atom. The van der Waals surface area contributed by atoms with Crippen molar-refractivity contribution in [3.63, 3.8) is 0 Å². The number of nitrogens with one attached hydrogen (secondary N) is 2. The third-order valence-corrected chi connectivity index (χ3v) is 5.72. The van der Waals surface area contributed by atoms with Gasteiger partial charge in [0.1, 0.15) is 0 Å². The second-order valence-corrected chi connectivity index (χ2v) is 7.89. The number of hydrogen-bond donors (Lipinski definition) is 2. The first-order valence-corrected chi connectivity index (χ1v) is 10.6. The zero-order valence-electron chi connectivity index (χ0n) is 17.9. The monoisotopic (exact) mass is 407 g/mol. The van der Waals surface area contributed by atoms with Gasteiger partial charge < -0.3 is 15.4 Å². The second-order valence-electron chi connectivity index (χ2n) is 7.89. The van der Waals surface area contributed by atoms with Crippen molar-refractivity contribution in [3.8, 4) is 0 Å². The first-order chi connectivity index (χ1) is 14.6. The highest BCUT2D eigenvalue weighted by Gasteiger charge is 2.22. The smallest absolute Gasteiger partial charge is 0.255 e. The van der Waals surface area contributed by atoms with Crippen LogP contribution in [-0.4, -0.2) is 39.9 Å². The fourth-order valence-electron chi connectivity index (χ4n) is 3.89. The predicted octanol–water partition coefficient (Wildman–Crippen LogP) is 3.59. The summed E-state index contributed by atoms with van der Waals surface area (Å²) in [6, 6.07) is 6.55. The number of benzene rings is 1. The molecule has 30 heavy (non-hydrogen) atoms. The van der Waals surface area contributed by atoms with Gasteiger partial charge in [0.2, 0.25) is 0 Å². The Labute approximate surface area is 176 Å². The number of carbonyl (C=O) groups excluding carboxylic acids is 1. The topological polar surface area (TPSA) is 81.1 Å². The maximum atomic E-state index is 13.2.